The Morgan fingerprint density at radius 3 is 2.73 bits per heavy atom. The molecule has 0 aliphatic heterocycles. The van der Waals surface area contributed by atoms with E-state index in [1.165, 1.54) is 0 Å². The first kappa shape index (κ1) is 12.2. The van der Waals surface area contributed by atoms with Crippen LogP contribution in [0.5, 0.6) is 0 Å². The van der Waals surface area contributed by atoms with Crippen LogP contribution in [0.15, 0.2) is 12.3 Å². The summed E-state index contributed by atoms with van der Waals surface area (Å²) < 4.78 is 0. The minimum atomic E-state index is 0.0540. The van der Waals surface area contributed by atoms with Crippen molar-refractivity contribution < 1.29 is 4.79 Å². The van der Waals surface area contributed by atoms with Gasteiger partial charge in [0.1, 0.15) is 5.15 Å². The Morgan fingerprint density at radius 2 is 2.20 bits per heavy atom. The highest BCUT2D eigenvalue weighted by Crippen LogP contribution is 2.18. The lowest BCUT2D eigenvalue weighted by Gasteiger charge is -2.10. The van der Waals surface area contributed by atoms with Crippen molar-refractivity contribution in [3.05, 3.63) is 28.5 Å². The van der Waals surface area contributed by atoms with E-state index in [9.17, 15) is 4.79 Å². The van der Waals surface area contributed by atoms with E-state index < -0.39 is 0 Å². The number of pyridine rings is 1. The third-order valence-electron chi connectivity index (χ3n) is 2.66. The van der Waals surface area contributed by atoms with Crippen LogP contribution in [0.25, 0.3) is 0 Å². The van der Waals surface area contributed by atoms with E-state index in [0.29, 0.717) is 5.15 Å². The number of halogens is 1. The quantitative estimate of drug-likeness (QED) is 0.580. The Kier molecular flexibility index (Phi) is 4.28. The van der Waals surface area contributed by atoms with Crippen molar-refractivity contribution in [2.24, 2.45) is 5.92 Å². The molecule has 1 heterocycles. The molecule has 1 unspecified atom stereocenters. The van der Waals surface area contributed by atoms with Gasteiger partial charge in [-0.2, -0.15) is 0 Å². The number of carbonyl (C=O) groups is 1. The molecule has 0 bridgehead atoms. The zero-order valence-corrected chi connectivity index (χ0v) is 10.1. The van der Waals surface area contributed by atoms with Crippen molar-refractivity contribution in [2.75, 3.05) is 0 Å². The third-order valence-corrected chi connectivity index (χ3v) is 2.87. The van der Waals surface area contributed by atoms with E-state index in [-0.39, 0.29) is 11.7 Å². The average Bonchev–Trinajstić information content (AvgIpc) is 2.26. The molecular formula is C12H16ClNO. The van der Waals surface area contributed by atoms with Gasteiger partial charge in [-0.1, -0.05) is 32.4 Å². The van der Waals surface area contributed by atoms with Crippen molar-refractivity contribution in [2.45, 2.75) is 33.6 Å². The molecule has 0 fully saturated rings. The number of ketones is 1. The van der Waals surface area contributed by atoms with E-state index in [2.05, 4.69) is 4.98 Å². The van der Waals surface area contributed by atoms with E-state index in [0.717, 1.165) is 24.0 Å². The van der Waals surface area contributed by atoms with Gasteiger partial charge in [0.15, 0.2) is 5.78 Å². The van der Waals surface area contributed by atoms with Crippen LogP contribution in [0.4, 0.5) is 0 Å². The van der Waals surface area contributed by atoms with Gasteiger partial charge in [-0.25, -0.2) is 4.98 Å². The number of Topliss-reactive ketones (excluding diaryl/α,β-unsaturated/α-hetero) is 1. The Balaban J connectivity index is 3.08. The number of hydrogen-bond acceptors (Lipinski definition) is 2. The van der Waals surface area contributed by atoms with Crippen molar-refractivity contribution in [1.29, 1.82) is 0 Å². The molecule has 0 amide bonds. The van der Waals surface area contributed by atoms with Gasteiger partial charge in [-0.3, -0.25) is 4.79 Å². The minimum Gasteiger partial charge on any atom is -0.294 e. The van der Waals surface area contributed by atoms with Crippen LogP contribution in [-0.2, 0) is 6.42 Å². The van der Waals surface area contributed by atoms with Crippen LogP contribution < -0.4 is 0 Å². The normalized spacial score (nSPS) is 12.5. The molecule has 0 spiro atoms. The number of hydrogen-bond donors (Lipinski definition) is 0. The van der Waals surface area contributed by atoms with Gasteiger partial charge in [0.25, 0.3) is 0 Å². The summed E-state index contributed by atoms with van der Waals surface area (Å²) in [6.45, 7) is 5.97. The zero-order valence-electron chi connectivity index (χ0n) is 9.38. The summed E-state index contributed by atoms with van der Waals surface area (Å²) in [5.74, 6) is 0.219. The average molecular weight is 226 g/mol. The van der Waals surface area contributed by atoms with Crippen LogP contribution in [0.2, 0.25) is 5.15 Å². The summed E-state index contributed by atoms with van der Waals surface area (Å²) in [5, 5.41) is 0.451. The van der Waals surface area contributed by atoms with Crippen LogP contribution in [0.3, 0.4) is 0 Å². The second kappa shape index (κ2) is 5.26. The molecule has 0 radical (unpaired) electrons. The van der Waals surface area contributed by atoms with E-state index in [4.69, 9.17) is 11.6 Å². The number of carbonyl (C=O) groups excluding carboxylic acids is 1. The summed E-state index contributed by atoms with van der Waals surface area (Å²) in [5.41, 5.74) is 1.71. The molecule has 1 atom stereocenters. The van der Waals surface area contributed by atoms with Gasteiger partial charge in [0.2, 0.25) is 0 Å². The molecule has 15 heavy (non-hydrogen) atoms. The van der Waals surface area contributed by atoms with E-state index in [1.54, 1.807) is 12.3 Å². The second-order valence-electron chi connectivity index (χ2n) is 3.69. The summed E-state index contributed by atoms with van der Waals surface area (Å²) in [6.07, 6.45) is 3.25. The highest BCUT2D eigenvalue weighted by Gasteiger charge is 2.16. The van der Waals surface area contributed by atoms with Gasteiger partial charge < -0.3 is 0 Å². The molecule has 3 heteroatoms. The lowest BCUT2D eigenvalue weighted by Crippen LogP contribution is -2.13. The summed E-state index contributed by atoms with van der Waals surface area (Å²) in [4.78, 5) is 16.0. The number of aromatic nitrogens is 1. The van der Waals surface area contributed by atoms with E-state index in [1.807, 2.05) is 20.8 Å². The largest absolute Gasteiger partial charge is 0.294 e. The first-order valence-electron chi connectivity index (χ1n) is 5.28. The molecule has 82 valence electrons. The van der Waals surface area contributed by atoms with Gasteiger partial charge in [0.05, 0.1) is 0 Å². The molecule has 1 aromatic rings. The van der Waals surface area contributed by atoms with E-state index >= 15 is 0 Å². The highest BCUT2D eigenvalue weighted by atomic mass is 35.5. The molecule has 2 nitrogen and oxygen atoms in total. The Bertz CT molecular complexity index is 363. The predicted octanol–water partition coefficient (Wildman–Crippen LogP) is 3.53. The van der Waals surface area contributed by atoms with Crippen LogP contribution in [0, 0.1) is 5.92 Å². The van der Waals surface area contributed by atoms with Gasteiger partial charge in [0, 0.05) is 17.7 Å². The fraction of sp³-hybridized carbons (Fsp3) is 0.500. The van der Waals surface area contributed by atoms with Crippen LogP contribution in [-0.4, -0.2) is 10.8 Å². The SMILES string of the molecule is CCc1cc(Cl)ncc1C(=O)C(C)CC. The Hall–Kier alpha value is -0.890. The van der Waals surface area contributed by atoms with Crippen molar-refractivity contribution in [3.63, 3.8) is 0 Å². The van der Waals surface area contributed by atoms with Gasteiger partial charge >= 0.3 is 0 Å². The highest BCUT2D eigenvalue weighted by molar-refractivity contribution is 6.29. The first-order valence-corrected chi connectivity index (χ1v) is 5.66. The number of rotatable bonds is 4. The third kappa shape index (κ3) is 2.78. The molecule has 1 rings (SSSR count). The van der Waals surface area contributed by atoms with Gasteiger partial charge in [-0.05, 0) is 24.5 Å². The smallest absolute Gasteiger partial charge is 0.167 e. The topological polar surface area (TPSA) is 30.0 Å². The van der Waals surface area contributed by atoms with Crippen LogP contribution in [0.1, 0.15) is 43.1 Å². The zero-order chi connectivity index (χ0) is 11.4. The molecule has 0 N–H and O–H groups in total. The molecule has 1 aromatic heterocycles. The van der Waals surface area contributed by atoms with Gasteiger partial charge in [-0.15, -0.1) is 0 Å². The molecule has 0 saturated carbocycles. The monoisotopic (exact) mass is 225 g/mol. The first-order chi connectivity index (χ1) is 7.10. The fourth-order valence-corrected chi connectivity index (χ4v) is 1.61. The predicted molar refractivity (Wildman–Crippen MR) is 62.4 cm³/mol. The maximum absolute atomic E-state index is 12.0. The molecule has 0 aliphatic rings. The maximum atomic E-state index is 12.0. The number of aryl methyl sites for hydroxylation is 1. The fourth-order valence-electron chi connectivity index (χ4n) is 1.43. The Morgan fingerprint density at radius 1 is 1.53 bits per heavy atom. The van der Waals surface area contributed by atoms with Crippen molar-refractivity contribution in [1.82, 2.24) is 4.98 Å². The molecule has 0 saturated heterocycles. The van der Waals surface area contributed by atoms with Crippen LogP contribution >= 0.6 is 11.6 Å². The Labute approximate surface area is 95.7 Å². The minimum absolute atomic E-state index is 0.0540. The maximum Gasteiger partial charge on any atom is 0.167 e. The molecular weight excluding hydrogens is 210 g/mol. The molecule has 0 aliphatic carbocycles. The lowest BCUT2D eigenvalue weighted by molar-refractivity contribution is 0.0926. The van der Waals surface area contributed by atoms with Crippen molar-refractivity contribution >= 4 is 17.4 Å². The molecule has 0 aromatic carbocycles. The standard InChI is InChI=1S/C12H16ClNO/c1-4-8(3)12(15)10-7-14-11(13)6-9(10)5-2/h6-8H,4-5H2,1-3H3. The number of nitrogens with zero attached hydrogens (tertiary/aromatic N) is 1. The summed E-state index contributed by atoms with van der Waals surface area (Å²) >= 11 is 5.79. The van der Waals surface area contributed by atoms with Crippen molar-refractivity contribution in [3.8, 4) is 0 Å². The summed E-state index contributed by atoms with van der Waals surface area (Å²) in [6, 6.07) is 1.77. The lowest BCUT2D eigenvalue weighted by atomic mass is 9.94. The summed E-state index contributed by atoms with van der Waals surface area (Å²) in [7, 11) is 0. The second-order valence-corrected chi connectivity index (χ2v) is 4.08.